The number of thiazole rings is 1. The molecule has 0 spiro atoms. The van der Waals surface area contributed by atoms with Gasteiger partial charge in [-0.25, -0.2) is 4.98 Å². The van der Waals surface area contributed by atoms with E-state index in [9.17, 15) is 9.59 Å². The molecule has 0 atom stereocenters. The molecule has 1 saturated heterocycles. The molecule has 2 heterocycles. The Balaban J connectivity index is 1.86. The Morgan fingerprint density at radius 3 is 2.74 bits per heavy atom. The minimum atomic E-state index is -0.0115. The van der Waals surface area contributed by atoms with E-state index in [1.54, 1.807) is 18.0 Å². The summed E-state index contributed by atoms with van der Waals surface area (Å²) in [5.74, 6) is 0.102. The fourth-order valence-electron chi connectivity index (χ4n) is 2.09. The van der Waals surface area contributed by atoms with Crippen LogP contribution in [0.25, 0.3) is 0 Å². The standard InChI is InChI=1S/C12H16IN3O2S/c1-8(17)16-4-2-9(3-5-16)11(18)15-12-14-7-10(6-13)19-12/h7,9H,2-6H2,1H3,(H,14,15,18). The molecule has 0 aliphatic carbocycles. The maximum absolute atomic E-state index is 12.1. The Morgan fingerprint density at radius 1 is 1.53 bits per heavy atom. The molecule has 5 nitrogen and oxygen atoms in total. The lowest BCUT2D eigenvalue weighted by Gasteiger charge is -2.30. The zero-order valence-corrected chi connectivity index (χ0v) is 13.7. The molecule has 0 unspecified atom stereocenters. The van der Waals surface area contributed by atoms with Crippen molar-refractivity contribution in [1.82, 2.24) is 9.88 Å². The molecule has 1 aliphatic heterocycles. The van der Waals surface area contributed by atoms with Gasteiger partial charge in [0.1, 0.15) is 0 Å². The lowest BCUT2D eigenvalue weighted by Crippen LogP contribution is -2.40. The van der Waals surface area contributed by atoms with E-state index in [0.29, 0.717) is 18.2 Å². The zero-order valence-electron chi connectivity index (χ0n) is 10.7. The minimum absolute atomic E-state index is 0.0115. The van der Waals surface area contributed by atoms with E-state index in [0.717, 1.165) is 22.1 Å². The monoisotopic (exact) mass is 393 g/mol. The molecule has 0 aromatic carbocycles. The van der Waals surface area contributed by atoms with Crippen molar-refractivity contribution in [3.05, 3.63) is 11.1 Å². The first-order valence-electron chi connectivity index (χ1n) is 6.17. The fraction of sp³-hybridized carbons (Fsp3) is 0.583. The molecule has 104 valence electrons. The molecule has 1 fully saturated rings. The van der Waals surface area contributed by atoms with Crippen molar-refractivity contribution in [3.63, 3.8) is 0 Å². The third-order valence-electron chi connectivity index (χ3n) is 3.23. The number of hydrogen-bond acceptors (Lipinski definition) is 4. The second-order valence-electron chi connectivity index (χ2n) is 4.53. The number of likely N-dealkylation sites (tertiary alicyclic amines) is 1. The second-order valence-corrected chi connectivity index (χ2v) is 6.41. The highest BCUT2D eigenvalue weighted by Crippen LogP contribution is 2.23. The summed E-state index contributed by atoms with van der Waals surface area (Å²) >= 11 is 3.79. The average molecular weight is 393 g/mol. The maximum Gasteiger partial charge on any atom is 0.229 e. The van der Waals surface area contributed by atoms with Gasteiger partial charge in [0.15, 0.2) is 5.13 Å². The summed E-state index contributed by atoms with van der Waals surface area (Å²) in [5, 5.41) is 3.54. The van der Waals surface area contributed by atoms with E-state index < -0.39 is 0 Å². The molecular weight excluding hydrogens is 377 g/mol. The van der Waals surface area contributed by atoms with Gasteiger partial charge >= 0.3 is 0 Å². The molecule has 1 aromatic heterocycles. The van der Waals surface area contributed by atoms with Gasteiger partial charge in [0.05, 0.1) is 0 Å². The Kier molecular flexibility index (Phi) is 5.14. The number of aromatic nitrogens is 1. The van der Waals surface area contributed by atoms with Crippen LogP contribution >= 0.6 is 33.9 Å². The van der Waals surface area contributed by atoms with Crippen LogP contribution < -0.4 is 5.32 Å². The zero-order chi connectivity index (χ0) is 13.8. The molecule has 0 bridgehead atoms. The Bertz CT molecular complexity index is 469. The van der Waals surface area contributed by atoms with E-state index >= 15 is 0 Å². The third kappa shape index (κ3) is 3.88. The summed E-state index contributed by atoms with van der Waals surface area (Å²) in [6, 6.07) is 0. The number of carbonyl (C=O) groups is 2. The van der Waals surface area contributed by atoms with Crippen LogP contribution in [0.1, 0.15) is 24.6 Å². The molecule has 1 aromatic rings. The lowest BCUT2D eigenvalue weighted by atomic mass is 9.96. The summed E-state index contributed by atoms with van der Waals surface area (Å²) in [6.07, 6.45) is 3.26. The van der Waals surface area contributed by atoms with E-state index in [-0.39, 0.29) is 17.7 Å². The van der Waals surface area contributed by atoms with Crippen LogP contribution in [-0.4, -0.2) is 34.8 Å². The van der Waals surface area contributed by atoms with Crippen molar-refractivity contribution in [2.45, 2.75) is 24.2 Å². The predicted molar refractivity (Wildman–Crippen MR) is 83.4 cm³/mol. The highest BCUT2D eigenvalue weighted by molar-refractivity contribution is 14.1. The van der Waals surface area contributed by atoms with Crippen molar-refractivity contribution in [3.8, 4) is 0 Å². The Morgan fingerprint density at radius 2 is 2.21 bits per heavy atom. The van der Waals surface area contributed by atoms with Crippen LogP contribution in [0.5, 0.6) is 0 Å². The van der Waals surface area contributed by atoms with Crippen LogP contribution in [-0.2, 0) is 14.0 Å². The molecule has 1 aliphatic rings. The Hall–Kier alpha value is -0.700. The number of carbonyl (C=O) groups excluding carboxylic acids is 2. The minimum Gasteiger partial charge on any atom is -0.343 e. The number of rotatable bonds is 3. The number of alkyl halides is 1. The normalized spacial score (nSPS) is 16.4. The number of hydrogen-bond donors (Lipinski definition) is 1. The Labute approximate surface area is 129 Å². The van der Waals surface area contributed by atoms with Crippen LogP contribution in [0, 0.1) is 5.92 Å². The topological polar surface area (TPSA) is 62.3 Å². The van der Waals surface area contributed by atoms with E-state index in [2.05, 4.69) is 32.9 Å². The number of nitrogens with one attached hydrogen (secondary N) is 1. The van der Waals surface area contributed by atoms with Crippen LogP contribution in [0.15, 0.2) is 6.20 Å². The lowest BCUT2D eigenvalue weighted by molar-refractivity contribution is -0.132. The maximum atomic E-state index is 12.1. The first-order chi connectivity index (χ1) is 9.10. The van der Waals surface area contributed by atoms with Gasteiger partial charge in [-0.3, -0.25) is 9.59 Å². The predicted octanol–water partition coefficient (Wildman–Crippen LogP) is 2.28. The van der Waals surface area contributed by atoms with Crippen molar-refractivity contribution < 1.29 is 9.59 Å². The summed E-state index contributed by atoms with van der Waals surface area (Å²) < 4.78 is 0.905. The van der Waals surface area contributed by atoms with Gasteiger partial charge in [-0.1, -0.05) is 22.6 Å². The highest BCUT2D eigenvalue weighted by atomic mass is 127. The number of piperidine rings is 1. The fourth-order valence-corrected chi connectivity index (χ4v) is 3.42. The molecule has 0 radical (unpaired) electrons. The molecule has 0 saturated carbocycles. The largest absolute Gasteiger partial charge is 0.343 e. The van der Waals surface area contributed by atoms with Gasteiger partial charge in [0, 0.05) is 41.4 Å². The SMILES string of the molecule is CC(=O)N1CCC(C(=O)Nc2ncc(CI)s2)CC1. The molecule has 2 rings (SSSR count). The number of amides is 2. The number of anilines is 1. The van der Waals surface area contributed by atoms with Gasteiger partial charge in [0.25, 0.3) is 0 Å². The smallest absolute Gasteiger partial charge is 0.229 e. The summed E-state index contributed by atoms with van der Waals surface area (Å²) in [7, 11) is 0. The van der Waals surface area contributed by atoms with E-state index in [4.69, 9.17) is 0 Å². The van der Waals surface area contributed by atoms with Gasteiger partial charge in [0.2, 0.25) is 11.8 Å². The van der Waals surface area contributed by atoms with Crippen molar-refractivity contribution in [2.75, 3.05) is 18.4 Å². The first kappa shape index (κ1) is 14.7. The summed E-state index contributed by atoms with van der Waals surface area (Å²) in [5.41, 5.74) is 0. The summed E-state index contributed by atoms with van der Waals surface area (Å²) in [6.45, 7) is 2.91. The summed E-state index contributed by atoms with van der Waals surface area (Å²) in [4.78, 5) is 30.4. The van der Waals surface area contributed by atoms with Crippen molar-refractivity contribution in [1.29, 1.82) is 0 Å². The van der Waals surface area contributed by atoms with E-state index in [1.807, 2.05) is 0 Å². The molecule has 7 heteroatoms. The molecule has 1 N–H and O–H groups in total. The van der Waals surface area contributed by atoms with Gasteiger partial charge in [-0.15, -0.1) is 11.3 Å². The average Bonchev–Trinajstić information content (AvgIpc) is 2.86. The first-order valence-corrected chi connectivity index (χ1v) is 8.51. The van der Waals surface area contributed by atoms with Crippen LogP contribution in [0.4, 0.5) is 5.13 Å². The quantitative estimate of drug-likeness (QED) is 0.633. The molecule has 19 heavy (non-hydrogen) atoms. The van der Waals surface area contributed by atoms with Crippen LogP contribution in [0.3, 0.4) is 0 Å². The molecular formula is C12H16IN3O2S. The van der Waals surface area contributed by atoms with Gasteiger partial charge in [-0.05, 0) is 12.8 Å². The number of halogens is 1. The van der Waals surface area contributed by atoms with Gasteiger partial charge in [-0.2, -0.15) is 0 Å². The highest BCUT2D eigenvalue weighted by Gasteiger charge is 2.26. The third-order valence-corrected chi connectivity index (χ3v) is 5.48. The van der Waals surface area contributed by atoms with Crippen LogP contribution in [0.2, 0.25) is 0 Å². The number of nitrogens with zero attached hydrogens (tertiary/aromatic N) is 2. The van der Waals surface area contributed by atoms with E-state index in [1.165, 1.54) is 11.3 Å². The van der Waals surface area contributed by atoms with Crippen molar-refractivity contribution >= 4 is 50.9 Å². The second kappa shape index (κ2) is 6.65. The van der Waals surface area contributed by atoms with Crippen molar-refractivity contribution in [2.24, 2.45) is 5.92 Å². The molecule has 2 amide bonds. The van der Waals surface area contributed by atoms with Gasteiger partial charge < -0.3 is 10.2 Å².